The lowest BCUT2D eigenvalue weighted by Crippen LogP contribution is -2.20. The van der Waals surface area contributed by atoms with Gasteiger partial charge in [-0.15, -0.1) is 0 Å². The van der Waals surface area contributed by atoms with Crippen LogP contribution in [0.15, 0.2) is 88.3 Å². The van der Waals surface area contributed by atoms with Gasteiger partial charge in [0.15, 0.2) is 5.76 Å². The van der Waals surface area contributed by atoms with Gasteiger partial charge in [-0.2, -0.15) is 0 Å². The Bertz CT molecular complexity index is 1380. The van der Waals surface area contributed by atoms with E-state index in [4.69, 9.17) is 4.42 Å². The Labute approximate surface area is 186 Å². The molecule has 0 spiro atoms. The molecule has 1 aromatic heterocycles. The summed E-state index contributed by atoms with van der Waals surface area (Å²) in [6.07, 6.45) is 1.62. The minimum absolute atomic E-state index is 0.103. The van der Waals surface area contributed by atoms with E-state index in [1.165, 1.54) is 13.1 Å². The van der Waals surface area contributed by atoms with Gasteiger partial charge in [-0.25, -0.2) is 18.1 Å². The molecule has 0 saturated carbocycles. The van der Waals surface area contributed by atoms with Crippen molar-refractivity contribution in [2.75, 3.05) is 12.4 Å². The van der Waals surface area contributed by atoms with E-state index in [9.17, 15) is 13.2 Å². The van der Waals surface area contributed by atoms with Crippen LogP contribution in [-0.4, -0.2) is 26.4 Å². The van der Waals surface area contributed by atoms with Gasteiger partial charge in [0.1, 0.15) is 0 Å². The maximum absolute atomic E-state index is 13.1. The third kappa shape index (κ3) is 4.32. The van der Waals surface area contributed by atoms with E-state index >= 15 is 0 Å². The molecule has 3 aromatic carbocycles. The van der Waals surface area contributed by atoms with Crippen molar-refractivity contribution in [3.8, 4) is 22.8 Å². The van der Waals surface area contributed by atoms with Crippen molar-refractivity contribution in [3.63, 3.8) is 0 Å². The highest BCUT2D eigenvalue weighted by molar-refractivity contribution is 7.89. The number of aryl methyl sites for hydroxylation is 1. The fraction of sp³-hybridized carbons (Fsp3) is 0.0833. The standard InChI is InChI=1S/C24H21N3O4S/c1-16-12-13-18(14-22(16)32(29,30)25-2)27-23(28)19-10-6-7-11-20(19)24-26-15-21(31-24)17-8-4-3-5-9-17/h3-15,25H,1-2H3,(H,27,28). The number of carbonyl (C=O) groups is 1. The van der Waals surface area contributed by atoms with Crippen LogP contribution < -0.4 is 10.0 Å². The maximum atomic E-state index is 13.1. The number of rotatable bonds is 6. The molecule has 0 atom stereocenters. The number of hydrogen-bond acceptors (Lipinski definition) is 5. The number of hydrogen-bond donors (Lipinski definition) is 2. The summed E-state index contributed by atoms with van der Waals surface area (Å²) in [6, 6.07) is 21.2. The first kappa shape index (κ1) is 21.5. The number of aromatic nitrogens is 1. The molecule has 1 heterocycles. The fourth-order valence-electron chi connectivity index (χ4n) is 3.28. The quantitative estimate of drug-likeness (QED) is 0.454. The average molecular weight is 448 g/mol. The maximum Gasteiger partial charge on any atom is 0.256 e. The minimum atomic E-state index is -3.65. The Morgan fingerprint density at radius 1 is 0.969 bits per heavy atom. The van der Waals surface area contributed by atoms with Crippen molar-refractivity contribution >= 4 is 21.6 Å². The van der Waals surface area contributed by atoms with Crippen LogP contribution in [0.4, 0.5) is 5.69 Å². The predicted molar refractivity (Wildman–Crippen MR) is 123 cm³/mol. The highest BCUT2D eigenvalue weighted by Crippen LogP contribution is 2.29. The first-order valence-corrected chi connectivity index (χ1v) is 11.3. The van der Waals surface area contributed by atoms with Gasteiger partial charge in [-0.05, 0) is 43.8 Å². The number of nitrogens with one attached hydrogen (secondary N) is 2. The summed E-state index contributed by atoms with van der Waals surface area (Å²) in [6.45, 7) is 1.69. The summed E-state index contributed by atoms with van der Waals surface area (Å²) in [5, 5.41) is 2.77. The largest absolute Gasteiger partial charge is 0.436 e. The van der Waals surface area contributed by atoms with E-state index < -0.39 is 15.9 Å². The Hall–Kier alpha value is -3.75. The minimum Gasteiger partial charge on any atom is -0.436 e. The number of carbonyl (C=O) groups excluding carboxylic acids is 1. The molecule has 4 aromatic rings. The van der Waals surface area contributed by atoms with Crippen molar-refractivity contribution in [3.05, 3.63) is 90.1 Å². The van der Waals surface area contributed by atoms with Crippen molar-refractivity contribution in [2.45, 2.75) is 11.8 Å². The first-order valence-electron chi connectivity index (χ1n) is 9.85. The molecule has 1 amide bonds. The topological polar surface area (TPSA) is 101 Å². The van der Waals surface area contributed by atoms with Crippen LogP contribution in [-0.2, 0) is 10.0 Å². The van der Waals surface area contributed by atoms with Crippen LogP contribution in [0.3, 0.4) is 0 Å². The molecule has 0 saturated heterocycles. The van der Waals surface area contributed by atoms with Gasteiger partial charge in [0.25, 0.3) is 5.91 Å². The van der Waals surface area contributed by atoms with E-state index in [-0.39, 0.29) is 4.90 Å². The van der Waals surface area contributed by atoms with Crippen LogP contribution in [0, 0.1) is 6.92 Å². The third-order valence-electron chi connectivity index (χ3n) is 4.97. The molecule has 0 aliphatic carbocycles. The van der Waals surface area contributed by atoms with Gasteiger partial charge in [0, 0.05) is 16.8 Å². The smallest absolute Gasteiger partial charge is 0.256 e. The zero-order chi connectivity index (χ0) is 22.7. The van der Waals surface area contributed by atoms with Crippen LogP contribution in [0.2, 0.25) is 0 Å². The van der Waals surface area contributed by atoms with Crippen molar-refractivity contribution in [1.29, 1.82) is 0 Å². The highest BCUT2D eigenvalue weighted by Gasteiger charge is 2.19. The van der Waals surface area contributed by atoms with Gasteiger partial charge < -0.3 is 9.73 Å². The number of amides is 1. The zero-order valence-electron chi connectivity index (χ0n) is 17.5. The van der Waals surface area contributed by atoms with Crippen LogP contribution in [0.1, 0.15) is 15.9 Å². The van der Waals surface area contributed by atoms with E-state index in [0.29, 0.717) is 34.0 Å². The average Bonchev–Trinajstić information content (AvgIpc) is 3.31. The summed E-state index contributed by atoms with van der Waals surface area (Å²) in [4.78, 5) is 17.5. The molecule has 0 radical (unpaired) electrons. The molecule has 0 unspecified atom stereocenters. The van der Waals surface area contributed by atoms with Gasteiger partial charge in [-0.1, -0.05) is 48.5 Å². The van der Waals surface area contributed by atoms with Gasteiger partial charge in [0.2, 0.25) is 15.9 Å². The van der Waals surface area contributed by atoms with Crippen molar-refractivity contribution in [1.82, 2.24) is 9.71 Å². The van der Waals surface area contributed by atoms with Crippen LogP contribution >= 0.6 is 0 Å². The lowest BCUT2D eigenvalue weighted by atomic mass is 10.1. The summed E-state index contributed by atoms with van der Waals surface area (Å²) < 4.78 is 32.7. The summed E-state index contributed by atoms with van der Waals surface area (Å²) in [7, 11) is -2.31. The lowest BCUT2D eigenvalue weighted by Gasteiger charge is -2.11. The molecule has 32 heavy (non-hydrogen) atoms. The zero-order valence-corrected chi connectivity index (χ0v) is 18.3. The molecule has 162 valence electrons. The molecule has 0 fully saturated rings. The van der Waals surface area contributed by atoms with Crippen molar-refractivity contribution < 1.29 is 17.6 Å². The van der Waals surface area contributed by atoms with Crippen LogP contribution in [0.5, 0.6) is 0 Å². The number of nitrogens with zero attached hydrogens (tertiary/aromatic N) is 1. The van der Waals surface area contributed by atoms with E-state index in [1.54, 1.807) is 49.5 Å². The molecular weight excluding hydrogens is 426 g/mol. The Balaban J connectivity index is 1.65. The Kier molecular flexibility index (Phi) is 5.89. The monoisotopic (exact) mass is 447 g/mol. The molecule has 2 N–H and O–H groups in total. The summed E-state index contributed by atoms with van der Waals surface area (Å²) >= 11 is 0. The first-order chi connectivity index (χ1) is 15.4. The summed E-state index contributed by atoms with van der Waals surface area (Å²) in [5.41, 5.74) is 2.70. The SMILES string of the molecule is CNS(=O)(=O)c1cc(NC(=O)c2ccccc2-c2ncc(-c3ccccc3)o2)ccc1C. The molecule has 7 nitrogen and oxygen atoms in total. The molecule has 4 rings (SSSR count). The second kappa shape index (κ2) is 8.78. The molecule has 0 aliphatic rings. The fourth-order valence-corrected chi connectivity index (χ4v) is 4.27. The highest BCUT2D eigenvalue weighted by atomic mass is 32.2. The number of oxazole rings is 1. The Morgan fingerprint density at radius 2 is 1.69 bits per heavy atom. The van der Waals surface area contributed by atoms with E-state index in [2.05, 4.69) is 15.0 Å². The summed E-state index contributed by atoms with van der Waals surface area (Å²) in [5.74, 6) is 0.505. The molecule has 0 bridgehead atoms. The van der Waals surface area contributed by atoms with E-state index in [1.807, 2.05) is 30.3 Å². The van der Waals surface area contributed by atoms with Crippen molar-refractivity contribution in [2.24, 2.45) is 0 Å². The predicted octanol–water partition coefficient (Wildman–Crippen LogP) is 4.48. The number of benzene rings is 3. The number of anilines is 1. The van der Waals surface area contributed by atoms with Crippen LogP contribution in [0.25, 0.3) is 22.8 Å². The van der Waals surface area contributed by atoms with Gasteiger partial charge >= 0.3 is 0 Å². The normalized spacial score (nSPS) is 11.3. The molecule has 0 aliphatic heterocycles. The van der Waals surface area contributed by atoms with Gasteiger partial charge in [0.05, 0.1) is 16.7 Å². The second-order valence-corrected chi connectivity index (χ2v) is 8.94. The molecule has 8 heteroatoms. The Morgan fingerprint density at radius 3 is 2.44 bits per heavy atom. The van der Waals surface area contributed by atoms with Gasteiger partial charge in [-0.3, -0.25) is 4.79 Å². The molecular formula is C24H21N3O4S. The second-order valence-electron chi connectivity index (χ2n) is 7.08. The third-order valence-corrected chi connectivity index (χ3v) is 6.53. The number of sulfonamides is 1. The lowest BCUT2D eigenvalue weighted by molar-refractivity contribution is 0.102. The van der Waals surface area contributed by atoms with E-state index in [0.717, 1.165) is 5.56 Å².